The number of rotatable bonds is 3. The highest BCUT2D eigenvalue weighted by Crippen LogP contribution is 2.27. The summed E-state index contributed by atoms with van der Waals surface area (Å²) in [5, 5.41) is -0.672. The quantitative estimate of drug-likeness (QED) is 0.623. The lowest BCUT2D eigenvalue weighted by atomic mass is 10.4. The van der Waals surface area contributed by atoms with Gasteiger partial charge in [-0.3, -0.25) is 0 Å². The Bertz CT molecular complexity index is 298. The van der Waals surface area contributed by atoms with Crippen LogP contribution in [0.1, 0.15) is 0 Å². The number of hydrogen-bond acceptors (Lipinski definition) is 2. The van der Waals surface area contributed by atoms with Gasteiger partial charge in [-0.1, -0.05) is 27.5 Å². The van der Waals surface area contributed by atoms with Crippen molar-refractivity contribution >= 4 is 27.5 Å². The van der Waals surface area contributed by atoms with E-state index in [2.05, 4.69) is 25.7 Å². The number of halogens is 4. The highest BCUT2D eigenvalue weighted by molar-refractivity contribution is 9.09. The Morgan fingerprint density at radius 1 is 1.62 bits per heavy atom. The number of aromatic nitrogens is 1. The summed E-state index contributed by atoms with van der Waals surface area (Å²) in [6, 6.07) is 2.79. The molecule has 0 amide bonds. The molecule has 72 valence electrons. The topological polar surface area (TPSA) is 22.1 Å². The van der Waals surface area contributed by atoms with E-state index in [1.54, 1.807) is 0 Å². The third-order valence-electron chi connectivity index (χ3n) is 1.14. The Morgan fingerprint density at radius 2 is 2.31 bits per heavy atom. The molecule has 0 aliphatic heterocycles. The first-order valence-corrected chi connectivity index (χ1v) is 4.78. The average Bonchev–Trinajstić information content (AvgIpc) is 2.09. The molecule has 0 spiro atoms. The number of hydrogen-bond donors (Lipinski definition) is 0. The standard InChI is InChI=1S/C7H5BrClF2NO/c8-4-7(10,11)13-5-2-1-3-12-6(5)9/h1-3H,4H2. The number of nitrogens with zero attached hydrogens (tertiary/aromatic N) is 1. The maximum atomic E-state index is 12.7. The molecule has 1 heterocycles. The van der Waals surface area contributed by atoms with Crippen LogP contribution in [0, 0.1) is 0 Å². The molecule has 1 aromatic heterocycles. The monoisotopic (exact) mass is 271 g/mol. The summed E-state index contributed by atoms with van der Waals surface area (Å²) in [6.45, 7) is 0. The summed E-state index contributed by atoms with van der Waals surface area (Å²) >= 11 is 8.12. The molecule has 13 heavy (non-hydrogen) atoms. The van der Waals surface area contributed by atoms with E-state index in [1.165, 1.54) is 18.3 Å². The minimum absolute atomic E-state index is 0.0804. The van der Waals surface area contributed by atoms with Gasteiger partial charge in [0.05, 0.1) is 0 Å². The van der Waals surface area contributed by atoms with Gasteiger partial charge >= 0.3 is 6.11 Å². The first-order valence-electron chi connectivity index (χ1n) is 3.28. The second-order valence-corrected chi connectivity index (χ2v) is 3.08. The van der Waals surface area contributed by atoms with Gasteiger partial charge in [-0.15, -0.1) is 0 Å². The molecular formula is C7H5BrClF2NO. The van der Waals surface area contributed by atoms with Crippen LogP contribution in [0.5, 0.6) is 5.75 Å². The van der Waals surface area contributed by atoms with E-state index in [4.69, 9.17) is 11.6 Å². The van der Waals surface area contributed by atoms with E-state index >= 15 is 0 Å². The molecule has 0 N–H and O–H groups in total. The van der Waals surface area contributed by atoms with Gasteiger partial charge in [-0.05, 0) is 12.1 Å². The molecule has 0 bridgehead atoms. The molecule has 0 radical (unpaired) electrons. The van der Waals surface area contributed by atoms with Gasteiger partial charge < -0.3 is 4.74 Å². The van der Waals surface area contributed by atoms with E-state index in [0.29, 0.717) is 0 Å². The molecule has 0 atom stereocenters. The van der Waals surface area contributed by atoms with E-state index in [-0.39, 0.29) is 10.9 Å². The zero-order valence-electron chi connectivity index (χ0n) is 6.31. The Labute approximate surface area is 87.0 Å². The van der Waals surface area contributed by atoms with Crippen LogP contribution in [-0.4, -0.2) is 16.4 Å². The molecule has 6 heteroatoms. The summed E-state index contributed by atoms with van der Waals surface area (Å²) < 4.78 is 29.6. The van der Waals surface area contributed by atoms with E-state index in [1.807, 2.05) is 0 Å². The zero-order valence-corrected chi connectivity index (χ0v) is 8.65. The van der Waals surface area contributed by atoms with Crippen molar-refractivity contribution in [3.63, 3.8) is 0 Å². The fraction of sp³-hybridized carbons (Fsp3) is 0.286. The van der Waals surface area contributed by atoms with Crippen LogP contribution in [0.4, 0.5) is 8.78 Å². The predicted molar refractivity (Wildman–Crippen MR) is 48.6 cm³/mol. The first-order chi connectivity index (χ1) is 6.05. The Balaban J connectivity index is 2.80. The molecule has 0 fully saturated rings. The van der Waals surface area contributed by atoms with E-state index < -0.39 is 11.4 Å². The lowest BCUT2D eigenvalue weighted by Crippen LogP contribution is -2.26. The van der Waals surface area contributed by atoms with E-state index in [0.717, 1.165) is 0 Å². The van der Waals surface area contributed by atoms with Crippen molar-refractivity contribution < 1.29 is 13.5 Å². The second-order valence-electron chi connectivity index (χ2n) is 2.17. The van der Waals surface area contributed by atoms with Crippen LogP contribution >= 0.6 is 27.5 Å². The predicted octanol–water partition coefficient (Wildman–Crippen LogP) is 3.10. The maximum absolute atomic E-state index is 12.7. The number of alkyl halides is 3. The highest BCUT2D eigenvalue weighted by Gasteiger charge is 2.30. The van der Waals surface area contributed by atoms with Gasteiger partial charge in [0.25, 0.3) is 0 Å². The van der Waals surface area contributed by atoms with Gasteiger partial charge in [-0.2, -0.15) is 8.78 Å². The fourth-order valence-corrected chi connectivity index (χ4v) is 0.908. The van der Waals surface area contributed by atoms with E-state index in [9.17, 15) is 8.78 Å². The van der Waals surface area contributed by atoms with Gasteiger partial charge in [0.15, 0.2) is 10.9 Å². The fourth-order valence-electron chi connectivity index (χ4n) is 0.636. The first kappa shape index (κ1) is 10.7. The summed E-state index contributed by atoms with van der Waals surface area (Å²) in [4.78, 5) is 3.59. The molecular weight excluding hydrogens is 267 g/mol. The van der Waals surface area contributed by atoms with Crippen molar-refractivity contribution in [1.82, 2.24) is 4.98 Å². The average molecular weight is 272 g/mol. The molecule has 1 aromatic rings. The van der Waals surface area contributed by atoms with Crippen molar-refractivity contribution in [3.8, 4) is 5.75 Å². The summed E-state index contributed by atoms with van der Waals surface area (Å²) in [5.41, 5.74) is 0. The molecule has 2 nitrogen and oxygen atoms in total. The van der Waals surface area contributed by atoms with Crippen LogP contribution in [-0.2, 0) is 0 Å². The van der Waals surface area contributed by atoms with Crippen LogP contribution in [0.2, 0.25) is 5.15 Å². The largest absolute Gasteiger partial charge is 0.429 e. The molecule has 0 saturated heterocycles. The number of ether oxygens (including phenoxy) is 1. The SMILES string of the molecule is FC(F)(CBr)Oc1cccnc1Cl. The Morgan fingerprint density at radius 3 is 2.85 bits per heavy atom. The van der Waals surface area contributed by atoms with Crippen LogP contribution in [0.25, 0.3) is 0 Å². The molecule has 0 aliphatic rings. The lowest BCUT2D eigenvalue weighted by Gasteiger charge is -2.15. The van der Waals surface area contributed by atoms with Crippen LogP contribution in [0.3, 0.4) is 0 Å². The van der Waals surface area contributed by atoms with Crippen molar-refractivity contribution in [1.29, 1.82) is 0 Å². The van der Waals surface area contributed by atoms with Gasteiger partial charge in [0.1, 0.15) is 5.33 Å². The van der Waals surface area contributed by atoms with Crippen molar-refractivity contribution in [2.45, 2.75) is 6.11 Å². The van der Waals surface area contributed by atoms with Crippen molar-refractivity contribution in [3.05, 3.63) is 23.5 Å². The molecule has 0 aliphatic carbocycles. The summed E-state index contributed by atoms with van der Waals surface area (Å²) in [7, 11) is 0. The Hall–Kier alpha value is -0.420. The third kappa shape index (κ3) is 3.08. The molecule has 0 aromatic carbocycles. The van der Waals surface area contributed by atoms with Crippen molar-refractivity contribution in [2.75, 3.05) is 5.33 Å². The summed E-state index contributed by atoms with van der Waals surface area (Å²) in [5.74, 6) is -0.131. The van der Waals surface area contributed by atoms with Gasteiger partial charge in [0, 0.05) is 6.20 Å². The molecule has 0 unspecified atom stereocenters. The lowest BCUT2D eigenvalue weighted by molar-refractivity contribution is -0.153. The van der Waals surface area contributed by atoms with Crippen molar-refractivity contribution in [2.24, 2.45) is 0 Å². The zero-order chi connectivity index (χ0) is 9.90. The smallest absolute Gasteiger partial charge is 0.407 e. The molecule has 1 rings (SSSR count). The number of pyridine rings is 1. The minimum Gasteiger partial charge on any atom is -0.429 e. The second kappa shape index (κ2) is 4.19. The van der Waals surface area contributed by atoms with Crippen LogP contribution in [0.15, 0.2) is 18.3 Å². The van der Waals surface area contributed by atoms with Crippen LogP contribution < -0.4 is 4.74 Å². The van der Waals surface area contributed by atoms with Gasteiger partial charge in [-0.25, -0.2) is 4.98 Å². The normalized spacial score (nSPS) is 11.4. The summed E-state index contributed by atoms with van der Waals surface area (Å²) in [6.07, 6.45) is -1.88. The highest BCUT2D eigenvalue weighted by atomic mass is 79.9. The minimum atomic E-state index is -3.27. The molecule has 0 saturated carbocycles. The van der Waals surface area contributed by atoms with Gasteiger partial charge in [0.2, 0.25) is 0 Å². The Kier molecular flexibility index (Phi) is 3.44. The maximum Gasteiger partial charge on any atom is 0.407 e. The third-order valence-corrected chi connectivity index (χ3v) is 2.08.